The van der Waals surface area contributed by atoms with Crippen molar-refractivity contribution in [2.75, 3.05) is 11.1 Å². The van der Waals surface area contributed by atoms with E-state index >= 15 is 0 Å². The Kier molecular flexibility index (Phi) is 5.63. The molecule has 0 fully saturated rings. The maximum absolute atomic E-state index is 12.3. The number of hydrogen-bond donors (Lipinski definition) is 3. The van der Waals surface area contributed by atoms with E-state index in [0.29, 0.717) is 10.8 Å². The zero-order valence-corrected chi connectivity index (χ0v) is 16.3. The number of anilines is 1. The maximum atomic E-state index is 12.3. The SMILES string of the molecule is O=C(CSc1nc(-c2ccccc2)c(-c2ccccc2)[nH]1)Nc1cccc(O)c1. The molecule has 0 atom stereocenters. The Hall–Kier alpha value is -3.51. The molecule has 0 spiro atoms. The lowest BCUT2D eigenvalue weighted by Gasteiger charge is -2.04. The highest BCUT2D eigenvalue weighted by molar-refractivity contribution is 7.99. The van der Waals surface area contributed by atoms with Crippen molar-refractivity contribution in [3.63, 3.8) is 0 Å². The minimum Gasteiger partial charge on any atom is -0.508 e. The summed E-state index contributed by atoms with van der Waals surface area (Å²) in [5.41, 5.74) is 4.39. The van der Waals surface area contributed by atoms with Gasteiger partial charge < -0.3 is 15.4 Å². The minimum absolute atomic E-state index is 0.112. The second kappa shape index (κ2) is 8.67. The van der Waals surface area contributed by atoms with E-state index in [1.165, 1.54) is 17.8 Å². The number of imidazole rings is 1. The fourth-order valence-corrected chi connectivity index (χ4v) is 3.62. The molecule has 3 N–H and O–H groups in total. The van der Waals surface area contributed by atoms with E-state index in [-0.39, 0.29) is 17.4 Å². The molecule has 3 aromatic carbocycles. The van der Waals surface area contributed by atoms with Gasteiger partial charge in [0.25, 0.3) is 0 Å². The molecule has 144 valence electrons. The molecule has 0 bridgehead atoms. The number of phenols is 1. The molecule has 4 rings (SSSR count). The smallest absolute Gasteiger partial charge is 0.234 e. The average Bonchev–Trinajstić information content (AvgIpc) is 3.18. The first-order valence-electron chi connectivity index (χ1n) is 9.11. The fourth-order valence-electron chi connectivity index (χ4n) is 2.95. The highest BCUT2D eigenvalue weighted by Gasteiger charge is 2.15. The summed E-state index contributed by atoms with van der Waals surface area (Å²) in [7, 11) is 0. The molecule has 4 aromatic rings. The number of aromatic nitrogens is 2. The van der Waals surface area contributed by atoms with Gasteiger partial charge in [-0.2, -0.15) is 0 Å². The van der Waals surface area contributed by atoms with Crippen LogP contribution in [-0.2, 0) is 4.79 Å². The lowest BCUT2D eigenvalue weighted by molar-refractivity contribution is -0.113. The lowest BCUT2D eigenvalue weighted by Crippen LogP contribution is -2.13. The number of amides is 1. The van der Waals surface area contributed by atoms with Crippen molar-refractivity contribution in [2.45, 2.75) is 5.16 Å². The van der Waals surface area contributed by atoms with Crippen LogP contribution in [-0.4, -0.2) is 26.7 Å². The lowest BCUT2D eigenvalue weighted by atomic mass is 10.1. The topological polar surface area (TPSA) is 78.0 Å². The summed E-state index contributed by atoms with van der Waals surface area (Å²) in [4.78, 5) is 20.4. The molecule has 1 amide bonds. The molecule has 29 heavy (non-hydrogen) atoms. The number of H-pyrrole nitrogens is 1. The Morgan fingerprint density at radius 1 is 0.931 bits per heavy atom. The van der Waals surface area contributed by atoms with Crippen LogP contribution in [0.15, 0.2) is 90.1 Å². The van der Waals surface area contributed by atoms with Crippen molar-refractivity contribution < 1.29 is 9.90 Å². The predicted molar refractivity (Wildman–Crippen MR) is 117 cm³/mol. The Morgan fingerprint density at radius 2 is 1.62 bits per heavy atom. The van der Waals surface area contributed by atoms with E-state index in [0.717, 1.165) is 22.5 Å². The van der Waals surface area contributed by atoms with E-state index in [1.54, 1.807) is 18.2 Å². The number of hydrogen-bond acceptors (Lipinski definition) is 4. The van der Waals surface area contributed by atoms with Crippen LogP contribution < -0.4 is 5.32 Å². The van der Waals surface area contributed by atoms with Gasteiger partial charge in [-0.25, -0.2) is 4.98 Å². The van der Waals surface area contributed by atoms with Crippen molar-refractivity contribution in [3.8, 4) is 28.3 Å². The summed E-state index contributed by atoms with van der Waals surface area (Å²) in [6, 6.07) is 26.5. The highest BCUT2D eigenvalue weighted by atomic mass is 32.2. The van der Waals surface area contributed by atoms with E-state index < -0.39 is 0 Å². The van der Waals surface area contributed by atoms with Gasteiger partial charge in [0, 0.05) is 22.9 Å². The molecule has 0 aliphatic heterocycles. The third-order valence-electron chi connectivity index (χ3n) is 4.26. The van der Waals surface area contributed by atoms with Crippen LogP contribution in [0.5, 0.6) is 5.75 Å². The Bertz CT molecular complexity index is 1050. The largest absolute Gasteiger partial charge is 0.508 e. The summed E-state index contributed by atoms with van der Waals surface area (Å²) in [5, 5.41) is 13.0. The van der Waals surface area contributed by atoms with Gasteiger partial charge in [-0.05, 0) is 12.1 Å². The monoisotopic (exact) mass is 401 g/mol. The molecule has 0 aliphatic rings. The first kappa shape index (κ1) is 18.8. The third-order valence-corrected chi connectivity index (χ3v) is 5.13. The van der Waals surface area contributed by atoms with Crippen LogP contribution in [0.2, 0.25) is 0 Å². The zero-order chi connectivity index (χ0) is 20.1. The first-order chi connectivity index (χ1) is 14.2. The predicted octanol–water partition coefficient (Wildman–Crippen LogP) is 5.18. The molecule has 6 heteroatoms. The van der Waals surface area contributed by atoms with Crippen LogP contribution in [0.25, 0.3) is 22.5 Å². The number of phenolic OH excluding ortho intramolecular Hbond substituents is 1. The number of rotatable bonds is 6. The molecular weight excluding hydrogens is 382 g/mol. The number of aromatic hydroxyl groups is 1. The molecule has 0 saturated carbocycles. The summed E-state index contributed by atoms with van der Waals surface area (Å²) in [6.45, 7) is 0. The van der Waals surface area contributed by atoms with Gasteiger partial charge in [0.05, 0.1) is 17.1 Å². The van der Waals surface area contributed by atoms with Gasteiger partial charge in [0.1, 0.15) is 5.75 Å². The van der Waals surface area contributed by atoms with Crippen LogP contribution in [0, 0.1) is 0 Å². The molecule has 0 unspecified atom stereocenters. The van der Waals surface area contributed by atoms with Crippen LogP contribution in [0.1, 0.15) is 0 Å². The standard InChI is InChI=1S/C23H19N3O2S/c27-19-13-7-12-18(14-19)24-20(28)15-29-23-25-21(16-8-3-1-4-9-16)22(26-23)17-10-5-2-6-11-17/h1-14,27H,15H2,(H,24,28)(H,25,26). The minimum atomic E-state index is -0.167. The summed E-state index contributed by atoms with van der Waals surface area (Å²) in [5.74, 6) is 0.145. The number of carbonyl (C=O) groups is 1. The van der Waals surface area contributed by atoms with Crippen molar-refractivity contribution in [2.24, 2.45) is 0 Å². The molecular formula is C23H19N3O2S. The third kappa shape index (κ3) is 4.67. The maximum Gasteiger partial charge on any atom is 0.234 e. The van der Waals surface area contributed by atoms with Crippen molar-refractivity contribution >= 4 is 23.4 Å². The van der Waals surface area contributed by atoms with Crippen molar-refractivity contribution in [1.82, 2.24) is 9.97 Å². The van der Waals surface area contributed by atoms with E-state index in [1.807, 2.05) is 60.7 Å². The summed E-state index contributed by atoms with van der Waals surface area (Å²) < 4.78 is 0. The summed E-state index contributed by atoms with van der Waals surface area (Å²) >= 11 is 1.34. The van der Waals surface area contributed by atoms with Gasteiger partial charge >= 0.3 is 0 Å². The molecule has 1 heterocycles. The van der Waals surface area contributed by atoms with Gasteiger partial charge in [0.2, 0.25) is 5.91 Å². The Labute approximate surface area is 172 Å². The van der Waals surface area contributed by atoms with E-state index in [4.69, 9.17) is 4.98 Å². The highest BCUT2D eigenvalue weighted by Crippen LogP contribution is 2.32. The molecule has 0 aliphatic carbocycles. The molecule has 0 saturated heterocycles. The van der Waals surface area contributed by atoms with Gasteiger partial charge in [-0.1, -0.05) is 78.5 Å². The second-order valence-electron chi connectivity index (χ2n) is 6.38. The molecule has 1 aromatic heterocycles. The van der Waals surface area contributed by atoms with E-state index in [9.17, 15) is 9.90 Å². The number of carbonyl (C=O) groups excluding carboxylic acids is 1. The van der Waals surface area contributed by atoms with Crippen LogP contribution in [0.3, 0.4) is 0 Å². The number of thioether (sulfide) groups is 1. The van der Waals surface area contributed by atoms with Gasteiger partial charge in [-0.3, -0.25) is 4.79 Å². The Morgan fingerprint density at radius 3 is 2.31 bits per heavy atom. The number of benzene rings is 3. The number of nitrogens with zero attached hydrogens (tertiary/aromatic N) is 1. The second-order valence-corrected chi connectivity index (χ2v) is 7.35. The average molecular weight is 401 g/mol. The number of aromatic amines is 1. The number of nitrogens with one attached hydrogen (secondary N) is 2. The van der Waals surface area contributed by atoms with Crippen LogP contribution in [0.4, 0.5) is 5.69 Å². The quantitative estimate of drug-likeness (QED) is 0.389. The Balaban J connectivity index is 1.53. The summed E-state index contributed by atoms with van der Waals surface area (Å²) in [6.07, 6.45) is 0. The van der Waals surface area contributed by atoms with Crippen LogP contribution >= 0.6 is 11.8 Å². The molecule has 5 nitrogen and oxygen atoms in total. The fraction of sp³-hybridized carbons (Fsp3) is 0.0435. The van der Waals surface area contributed by atoms with Crippen molar-refractivity contribution in [3.05, 3.63) is 84.9 Å². The normalized spacial score (nSPS) is 10.6. The zero-order valence-electron chi connectivity index (χ0n) is 15.5. The first-order valence-corrected chi connectivity index (χ1v) is 10.1. The van der Waals surface area contributed by atoms with Gasteiger partial charge in [-0.15, -0.1) is 0 Å². The van der Waals surface area contributed by atoms with Crippen molar-refractivity contribution in [1.29, 1.82) is 0 Å². The molecule has 0 radical (unpaired) electrons. The van der Waals surface area contributed by atoms with Gasteiger partial charge in [0.15, 0.2) is 5.16 Å². The van der Waals surface area contributed by atoms with E-state index in [2.05, 4.69) is 10.3 Å².